The summed E-state index contributed by atoms with van der Waals surface area (Å²) >= 11 is 0. The summed E-state index contributed by atoms with van der Waals surface area (Å²) in [6.07, 6.45) is 7.02. The summed E-state index contributed by atoms with van der Waals surface area (Å²) in [4.78, 5) is 0. The second kappa shape index (κ2) is 12.1. The van der Waals surface area contributed by atoms with Gasteiger partial charge in [0.05, 0.1) is 0 Å². The molecule has 0 aromatic rings. The molecule has 3 unspecified atom stereocenters. The van der Waals surface area contributed by atoms with Gasteiger partial charge in [-0.1, -0.05) is 74.1 Å². The summed E-state index contributed by atoms with van der Waals surface area (Å²) in [5.74, 6) is 2.96. The fourth-order valence-electron chi connectivity index (χ4n) is 1.82. The van der Waals surface area contributed by atoms with E-state index >= 15 is 0 Å². The van der Waals surface area contributed by atoms with Crippen LogP contribution in [-0.4, -0.2) is 0 Å². The highest BCUT2D eigenvalue weighted by Gasteiger charge is 2.20. The van der Waals surface area contributed by atoms with Crippen molar-refractivity contribution >= 4 is 0 Å². The Bertz CT molecular complexity index is 105. The summed E-state index contributed by atoms with van der Waals surface area (Å²) in [6.45, 7) is 15.5. The molecule has 0 aliphatic heterocycles. The minimum atomic E-state index is 0.980. The molecule has 0 nitrogen and oxygen atoms in total. The molecule has 0 heteroatoms. The molecule has 0 N–H and O–H groups in total. The van der Waals surface area contributed by atoms with Crippen molar-refractivity contribution in [1.29, 1.82) is 0 Å². The Morgan fingerprint density at radius 3 is 1.53 bits per heavy atom. The third-order valence-corrected chi connectivity index (χ3v) is 3.36. The van der Waals surface area contributed by atoms with E-state index < -0.39 is 0 Å². The van der Waals surface area contributed by atoms with Gasteiger partial charge < -0.3 is 0 Å². The van der Waals surface area contributed by atoms with Gasteiger partial charge in [-0.15, -0.1) is 0 Å². The molecule has 94 valence electrons. The lowest BCUT2D eigenvalue weighted by Crippen LogP contribution is -2.18. The summed E-state index contributed by atoms with van der Waals surface area (Å²) < 4.78 is 0. The molecule has 0 bridgehead atoms. The summed E-state index contributed by atoms with van der Waals surface area (Å²) in [5, 5.41) is 0. The van der Waals surface area contributed by atoms with Gasteiger partial charge in [-0.05, 0) is 24.2 Å². The van der Waals surface area contributed by atoms with Crippen molar-refractivity contribution in [2.24, 2.45) is 17.8 Å². The van der Waals surface area contributed by atoms with Crippen LogP contribution in [0.25, 0.3) is 0 Å². The number of unbranched alkanes of at least 4 members (excludes halogenated alkanes) is 1. The molecule has 0 aromatic heterocycles. The van der Waals surface area contributed by atoms with Gasteiger partial charge in [0.1, 0.15) is 0 Å². The zero-order chi connectivity index (χ0) is 12.3. The maximum Gasteiger partial charge on any atom is -0.0414 e. The highest BCUT2D eigenvalue weighted by atomic mass is 14.3. The highest BCUT2D eigenvalue weighted by molar-refractivity contribution is 4.72. The summed E-state index contributed by atoms with van der Waals surface area (Å²) in [5.41, 5.74) is 0. The normalized spacial score (nSPS) is 29.4. The monoisotopic (exact) mass is 214 g/mol. The predicted octanol–water partition coefficient (Wildman–Crippen LogP) is 5.91. The molecule has 0 heterocycles. The zero-order valence-corrected chi connectivity index (χ0v) is 12.3. The predicted molar refractivity (Wildman–Crippen MR) is 73.3 cm³/mol. The van der Waals surface area contributed by atoms with Crippen LogP contribution < -0.4 is 0 Å². The van der Waals surface area contributed by atoms with E-state index in [2.05, 4.69) is 34.6 Å². The fourth-order valence-corrected chi connectivity index (χ4v) is 1.82. The number of hydrogen-bond acceptors (Lipinski definition) is 0. The van der Waals surface area contributed by atoms with Crippen molar-refractivity contribution in [3.05, 3.63) is 0 Å². The molecule has 15 heavy (non-hydrogen) atoms. The molecule has 1 fully saturated rings. The standard InChI is InChI=1S/C9H18.C4H10.C2H6/c1-7-4-5-8(2)9(3)6-7;1-3-4-2;1-2/h7-9H,4-6H2,1-3H3;3-4H2,1-2H3;1-2H3. The van der Waals surface area contributed by atoms with Crippen LogP contribution in [0.1, 0.15) is 80.6 Å². The second-order valence-corrected chi connectivity index (χ2v) is 4.87. The maximum atomic E-state index is 2.39. The number of hydrogen-bond donors (Lipinski definition) is 0. The Balaban J connectivity index is 0. The van der Waals surface area contributed by atoms with Crippen LogP contribution >= 0.6 is 0 Å². The van der Waals surface area contributed by atoms with E-state index in [1.54, 1.807) is 0 Å². The lowest BCUT2D eigenvalue weighted by molar-refractivity contribution is 0.220. The molecule has 1 aliphatic rings. The van der Waals surface area contributed by atoms with Gasteiger partial charge in [0.15, 0.2) is 0 Å². The molecule has 0 saturated heterocycles. The van der Waals surface area contributed by atoms with Crippen LogP contribution in [0.3, 0.4) is 0 Å². The largest absolute Gasteiger partial charge is 0.0683 e. The van der Waals surface area contributed by atoms with Gasteiger partial charge in [0.25, 0.3) is 0 Å². The van der Waals surface area contributed by atoms with Crippen LogP contribution in [0.4, 0.5) is 0 Å². The van der Waals surface area contributed by atoms with Gasteiger partial charge in [-0.3, -0.25) is 0 Å². The van der Waals surface area contributed by atoms with E-state index in [9.17, 15) is 0 Å². The Morgan fingerprint density at radius 2 is 1.27 bits per heavy atom. The lowest BCUT2D eigenvalue weighted by atomic mass is 9.77. The molecule has 1 aliphatic carbocycles. The van der Waals surface area contributed by atoms with Crippen molar-refractivity contribution in [2.45, 2.75) is 80.6 Å². The van der Waals surface area contributed by atoms with E-state index in [1.807, 2.05) is 13.8 Å². The van der Waals surface area contributed by atoms with Crippen molar-refractivity contribution < 1.29 is 0 Å². The van der Waals surface area contributed by atoms with Crippen molar-refractivity contribution in [2.75, 3.05) is 0 Å². The third kappa shape index (κ3) is 10.3. The average Bonchev–Trinajstić information content (AvgIpc) is 2.27. The average molecular weight is 214 g/mol. The van der Waals surface area contributed by atoms with Crippen molar-refractivity contribution in [1.82, 2.24) is 0 Å². The first-order valence-electron chi connectivity index (χ1n) is 7.11. The van der Waals surface area contributed by atoms with Crippen LogP contribution in [0.2, 0.25) is 0 Å². The van der Waals surface area contributed by atoms with E-state index in [-0.39, 0.29) is 0 Å². The van der Waals surface area contributed by atoms with E-state index in [4.69, 9.17) is 0 Å². The Morgan fingerprint density at radius 1 is 0.800 bits per heavy atom. The van der Waals surface area contributed by atoms with Gasteiger partial charge in [-0.25, -0.2) is 0 Å². The van der Waals surface area contributed by atoms with E-state index in [1.165, 1.54) is 32.1 Å². The van der Waals surface area contributed by atoms with Gasteiger partial charge in [0.2, 0.25) is 0 Å². The third-order valence-electron chi connectivity index (χ3n) is 3.36. The molecule has 0 spiro atoms. The first-order chi connectivity index (χ1) is 7.11. The Hall–Kier alpha value is 0. The van der Waals surface area contributed by atoms with E-state index in [0.717, 1.165) is 17.8 Å². The molecule has 0 radical (unpaired) electrons. The lowest BCUT2D eigenvalue weighted by Gasteiger charge is -2.29. The van der Waals surface area contributed by atoms with Gasteiger partial charge >= 0.3 is 0 Å². The quantitative estimate of drug-likeness (QED) is 0.509. The molecule has 1 rings (SSSR count). The Labute approximate surface area is 98.9 Å². The SMILES string of the molecule is CC.CC1CCC(C)C(C)C1.CCCC. The Kier molecular flexibility index (Phi) is 14.0. The molecule has 0 aromatic carbocycles. The minimum Gasteiger partial charge on any atom is -0.0683 e. The summed E-state index contributed by atoms with van der Waals surface area (Å²) in [6, 6.07) is 0. The molecular weight excluding hydrogens is 180 g/mol. The first kappa shape index (κ1) is 17.4. The molecule has 3 atom stereocenters. The maximum absolute atomic E-state index is 2.39. The molecule has 0 amide bonds. The zero-order valence-electron chi connectivity index (χ0n) is 12.3. The van der Waals surface area contributed by atoms with E-state index in [0.29, 0.717) is 0 Å². The smallest absolute Gasteiger partial charge is 0.0414 e. The van der Waals surface area contributed by atoms with Gasteiger partial charge in [-0.2, -0.15) is 0 Å². The highest BCUT2D eigenvalue weighted by Crippen LogP contribution is 2.32. The second-order valence-electron chi connectivity index (χ2n) is 4.87. The first-order valence-corrected chi connectivity index (χ1v) is 7.11. The minimum absolute atomic E-state index is 0.980. The number of rotatable bonds is 1. The van der Waals surface area contributed by atoms with Crippen molar-refractivity contribution in [3.8, 4) is 0 Å². The molecular formula is C15H34. The van der Waals surface area contributed by atoms with Crippen LogP contribution in [-0.2, 0) is 0 Å². The summed E-state index contributed by atoms with van der Waals surface area (Å²) in [7, 11) is 0. The fraction of sp³-hybridized carbons (Fsp3) is 1.00. The van der Waals surface area contributed by atoms with Crippen LogP contribution in [0, 0.1) is 17.8 Å². The molecule has 1 saturated carbocycles. The van der Waals surface area contributed by atoms with Crippen LogP contribution in [0.5, 0.6) is 0 Å². The van der Waals surface area contributed by atoms with Crippen LogP contribution in [0.15, 0.2) is 0 Å². The van der Waals surface area contributed by atoms with Gasteiger partial charge in [0, 0.05) is 0 Å². The van der Waals surface area contributed by atoms with Crippen molar-refractivity contribution in [3.63, 3.8) is 0 Å². The topological polar surface area (TPSA) is 0 Å².